The van der Waals surface area contributed by atoms with Gasteiger partial charge in [-0.1, -0.05) is 19.3 Å². The van der Waals surface area contributed by atoms with E-state index in [4.69, 9.17) is 11.1 Å². The smallest absolute Gasteiger partial charge is 0.384 e. The average molecular weight is 299 g/mol. The summed E-state index contributed by atoms with van der Waals surface area (Å²) in [6.07, 6.45) is 0.934. The third kappa shape index (κ3) is 3.49. The Bertz CT molecular complexity index is 519. The molecule has 3 N–H and O–H groups in total. The third-order valence-corrected chi connectivity index (χ3v) is 4.13. The number of anilines is 1. The van der Waals surface area contributed by atoms with Crippen LogP contribution in [-0.2, 0) is 6.18 Å². The Hall–Kier alpha value is -1.72. The van der Waals surface area contributed by atoms with Crippen molar-refractivity contribution in [3.05, 3.63) is 29.3 Å². The molecule has 1 saturated carbocycles. The van der Waals surface area contributed by atoms with Crippen molar-refractivity contribution in [3.63, 3.8) is 0 Å². The maximum Gasteiger partial charge on any atom is 0.417 e. The largest absolute Gasteiger partial charge is 0.417 e. The lowest BCUT2D eigenvalue weighted by Gasteiger charge is -2.33. The van der Waals surface area contributed by atoms with Crippen LogP contribution in [0.1, 0.15) is 43.2 Å². The van der Waals surface area contributed by atoms with E-state index in [2.05, 4.69) is 0 Å². The van der Waals surface area contributed by atoms with Gasteiger partial charge in [0.05, 0.1) is 5.56 Å². The van der Waals surface area contributed by atoms with Gasteiger partial charge in [-0.15, -0.1) is 0 Å². The van der Waals surface area contributed by atoms with E-state index in [1.165, 1.54) is 12.5 Å². The van der Waals surface area contributed by atoms with E-state index >= 15 is 0 Å². The Labute approximate surface area is 122 Å². The van der Waals surface area contributed by atoms with E-state index in [1.807, 2.05) is 11.9 Å². The Kier molecular flexibility index (Phi) is 4.44. The number of amidine groups is 1. The monoisotopic (exact) mass is 299 g/mol. The standard InChI is InChI=1S/C15H20F3N3/c1-21(10-5-3-2-4-6-10)11-7-8-12(14(19)20)13(9-11)15(16,17)18/h7-10H,2-6H2,1H3,(H3,19,20). The number of nitrogens with one attached hydrogen (secondary N) is 1. The van der Waals surface area contributed by atoms with Crippen LogP contribution in [0.3, 0.4) is 0 Å². The second-order valence-electron chi connectivity index (χ2n) is 5.54. The molecule has 1 aliphatic rings. The number of nitrogens with zero attached hydrogens (tertiary/aromatic N) is 1. The fourth-order valence-electron chi connectivity index (χ4n) is 2.90. The molecule has 1 fully saturated rings. The SMILES string of the molecule is CN(c1ccc(C(=N)N)c(C(F)(F)F)c1)C1CCCCC1. The summed E-state index contributed by atoms with van der Waals surface area (Å²) < 4.78 is 39.4. The molecular formula is C15H20F3N3. The topological polar surface area (TPSA) is 53.1 Å². The molecule has 0 saturated heterocycles. The molecule has 0 radical (unpaired) electrons. The predicted molar refractivity (Wildman–Crippen MR) is 77.7 cm³/mol. The van der Waals surface area contributed by atoms with E-state index < -0.39 is 17.6 Å². The molecule has 0 unspecified atom stereocenters. The van der Waals surface area contributed by atoms with Crippen LogP contribution < -0.4 is 10.6 Å². The molecule has 6 heteroatoms. The first-order valence-electron chi connectivity index (χ1n) is 7.09. The maximum atomic E-state index is 13.1. The van der Waals surface area contributed by atoms with Crippen LogP contribution in [0.2, 0.25) is 0 Å². The number of nitrogens with two attached hydrogens (primary N) is 1. The number of halogens is 3. The number of hydrogen-bond donors (Lipinski definition) is 2. The van der Waals surface area contributed by atoms with Gasteiger partial charge >= 0.3 is 6.18 Å². The third-order valence-electron chi connectivity index (χ3n) is 4.13. The second-order valence-corrected chi connectivity index (χ2v) is 5.54. The summed E-state index contributed by atoms with van der Waals surface area (Å²) in [6.45, 7) is 0. The van der Waals surface area contributed by atoms with Crippen LogP contribution in [0.4, 0.5) is 18.9 Å². The molecule has 21 heavy (non-hydrogen) atoms. The molecule has 3 nitrogen and oxygen atoms in total. The highest BCUT2D eigenvalue weighted by molar-refractivity contribution is 5.97. The van der Waals surface area contributed by atoms with Crippen molar-refractivity contribution in [1.29, 1.82) is 5.41 Å². The van der Waals surface area contributed by atoms with E-state index in [0.29, 0.717) is 5.69 Å². The minimum Gasteiger partial charge on any atom is -0.384 e. The molecule has 0 bridgehead atoms. The van der Waals surface area contributed by atoms with E-state index in [9.17, 15) is 13.2 Å². The summed E-state index contributed by atoms with van der Waals surface area (Å²) in [5, 5.41) is 7.29. The Balaban J connectivity index is 2.34. The van der Waals surface area contributed by atoms with E-state index in [-0.39, 0.29) is 11.6 Å². The Morgan fingerprint density at radius 1 is 1.24 bits per heavy atom. The Morgan fingerprint density at radius 3 is 2.38 bits per heavy atom. The van der Waals surface area contributed by atoms with Crippen LogP contribution in [0, 0.1) is 5.41 Å². The van der Waals surface area contributed by atoms with Gasteiger partial charge in [0.15, 0.2) is 0 Å². The molecule has 0 spiro atoms. The first-order chi connectivity index (χ1) is 9.80. The quantitative estimate of drug-likeness (QED) is 0.659. The average Bonchev–Trinajstić information content (AvgIpc) is 2.45. The maximum absolute atomic E-state index is 13.1. The van der Waals surface area contributed by atoms with E-state index in [1.54, 1.807) is 6.07 Å². The van der Waals surface area contributed by atoms with Gasteiger partial charge in [-0.25, -0.2) is 0 Å². The molecule has 2 rings (SSSR count). The number of rotatable bonds is 3. The molecule has 0 aromatic heterocycles. The number of hydrogen-bond acceptors (Lipinski definition) is 2. The predicted octanol–water partition coefficient (Wildman–Crippen LogP) is 3.76. The first kappa shape index (κ1) is 15.7. The number of alkyl halides is 3. The number of nitrogen functional groups attached to an aromatic ring is 1. The van der Waals surface area contributed by atoms with Crippen molar-refractivity contribution in [3.8, 4) is 0 Å². The van der Waals surface area contributed by atoms with Crippen LogP contribution in [-0.4, -0.2) is 18.9 Å². The second kappa shape index (κ2) is 5.95. The van der Waals surface area contributed by atoms with Crippen LogP contribution in [0.15, 0.2) is 18.2 Å². The van der Waals surface area contributed by atoms with Gasteiger partial charge < -0.3 is 10.6 Å². The van der Waals surface area contributed by atoms with Gasteiger partial charge in [-0.2, -0.15) is 13.2 Å². The van der Waals surface area contributed by atoms with Crippen LogP contribution in [0.5, 0.6) is 0 Å². The van der Waals surface area contributed by atoms with Crippen LogP contribution in [0.25, 0.3) is 0 Å². The molecule has 1 aliphatic carbocycles. The van der Waals surface area contributed by atoms with Gasteiger partial charge in [-0.05, 0) is 31.0 Å². The molecule has 1 aromatic carbocycles. The van der Waals surface area contributed by atoms with Gasteiger partial charge in [0.25, 0.3) is 0 Å². The summed E-state index contributed by atoms with van der Waals surface area (Å²) in [5.41, 5.74) is 4.68. The fourth-order valence-corrected chi connectivity index (χ4v) is 2.90. The molecule has 0 amide bonds. The molecule has 0 heterocycles. The van der Waals surface area contributed by atoms with Crippen LogP contribution >= 0.6 is 0 Å². The van der Waals surface area contributed by atoms with Gasteiger partial charge in [0.1, 0.15) is 5.84 Å². The summed E-state index contributed by atoms with van der Waals surface area (Å²) in [5.74, 6) is -0.561. The summed E-state index contributed by atoms with van der Waals surface area (Å²) in [4.78, 5) is 1.91. The van der Waals surface area contributed by atoms with Gasteiger partial charge in [0, 0.05) is 24.3 Å². The summed E-state index contributed by atoms with van der Waals surface area (Å²) in [6, 6.07) is 4.29. The van der Waals surface area contributed by atoms with Crippen molar-refractivity contribution < 1.29 is 13.2 Å². The zero-order chi connectivity index (χ0) is 15.6. The van der Waals surface area contributed by atoms with Gasteiger partial charge in [-0.3, -0.25) is 5.41 Å². The normalized spacial score (nSPS) is 16.8. The van der Waals surface area contributed by atoms with Crippen molar-refractivity contribution in [2.45, 2.75) is 44.3 Å². The minimum atomic E-state index is -4.51. The lowest BCUT2D eigenvalue weighted by molar-refractivity contribution is -0.137. The summed E-state index contributed by atoms with van der Waals surface area (Å²) in [7, 11) is 1.83. The molecule has 116 valence electrons. The molecular weight excluding hydrogens is 279 g/mol. The van der Waals surface area contributed by atoms with E-state index in [0.717, 1.165) is 31.7 Å². The zero-order valence-electron chi connectivity index (χ0n) is 12.0. The first-order valence-corrected chi connectivity index (χ1v) is 7.09. The van der Waals surface area contributed by atoms with Crippen molar-refractivity contribution >= 4 is 11.5 Å². The zero-order valence-corrected chi connectivity index (χ0v) is 12.0. The molecule has 0 atom stereocenters. The Morgan fingerprint density at radius 2 is 1.86 bits per heavy atom. The van der Waals surface area contributed by atoms with Crippen molar-refractivity contribution in [2.75, 3.05) is 11.9 Å². The molecule has 0 aliphatic heterocycles. The highest BCUT2D eigenvalue weighted by Gasteiger charge is 2.35. The highest BCUT2D eigenvalue weighted by Crippen LogP contribution is 2.35. The summed E-state index contributed by atoms with van der Waals surface area (Å²) >= 11 is 0. The van der Waals surface area contributed by atoms with Crippen molar-refractivity contribution in [1.82, 2.24) is 0 Å². The fraction of sp³-hybridized carbons (Fsp3) is 0.533. The lowest BCUT2D eigenvalue weighted by atomic mass is 9.94. The molecule has 1 aromatic rings. The lowest BCUT2D eigenvalue weighted by Crippen LogP contribution is -2.33. The minimum absolute atomic E-state index is 0.261. The number of benzene rings is 1. The van der Waals surface area contributed by atoms with Crippen molar-refractivity contribution in [2.24, 2.45) is 5.73 Å². The highest BCUT2D eigenvalue weighted by atomic mass is 19.4. The van der Waals surface area contributed by atoms with Gasteiger partial charge in [0.2, 0.25) is 0 Å².